The third-order valence-electron chi connectivity index (χ3n) is 6.00. The van der Waals surface area contributed by atoms with Crippen LogP contribution >= 0.6 is 11.8 Å². The molecule has 6 heteroatoms. The Balaban J connectivity index is 1.86. The number of rotatable bonds is 12. The molecule has 36 heavy (non-hydrogen) atoms. The lowest BCUT2D eigenvalue weighted by Gasteiger charge is -2.32. The van der Waals surface area contributed by atoms with Crippen molar-refractivity contribution in [2.75, 3.05) is 12.3 Å². The van der Waals surface area contributed by atoms with Gasteiger partial charge in [-0.15, -0.1) is 11.8 Å². The second kappa shape index (κ2) is 13.8. The van der Waals surface area contributed by atoms with Crippen molar-refractivity contribution in [1.29, 1.82) is 0 Å². The van der Waals surface area contributed by atoms with Gasteiger partial charge >= 0.3 is 0 Å². The summed E-state index contributed by atoms with van der Waals surface area (Å²) in [6.45, 7) is 6.97. The van der Waals surface area contributed by atoms with Crippen LogP contribution in [-0.2, 0) is 28.3 Å². The second-order valence-corrected chi connectivity index (χ2v) is 10.4. The summed E-state index contributed by atoms with van der Waals surface area (Å²) in [6.07, 6.45) is 0.417. The molecule has 4 nitrogen and oxygen atoms in total. The fraction of sp³-hybridized carbons (Fsp3) is 0.333. The van der Waals surface area contributed by atoms with Crippen molar-refractivity contribution in [3.63, 3.8) is 0 Å². The average Bonchev–Trinajstić information content (AvgIpc) is 2.87. The van der Waals surface area contributed by atoms with Crippen LogP contribution in [0.5, 0.6) is 0 Å². The highest BCUT2D eigenvalue weighted by atomic mass is 32.2. The van der Waals surface area contributed by atoms with E-state index in [9.17, 15) is 14.0 Å². The third kappa shape index (κ3) is 8.23. The Morgan fingerprint density at radius 2 is 1.56 bits per heavy atom. The van der Waals surface area contributed by atoms with E-state index in [1.54, 1.807) is 23.1 Å². The number of hydrogen-bond acceptors (Lipinski definition) is 3. The zero-order valence-electron chi connectivity index (χ0n) is 21.2. The predicted octanol–water partition coefficient (Wildman–Crippen LogP) is 5.78. The fourth-order valence-electron chi connectivity index (χ4n) is 3.89. The summed E-state index contributed by atoms with van der Waals surface area (Å²) >= 11 is 1.36. The highest BCUT2D eigenvalue weighted by molar-refractivity contribution is 7.99. The molecule has 190 valence electrons. The molecule has 3 aromatic carbocycles. The molecule has 3 aromatic rings. The third-order valence-corrected chi connectivity index (χ3v) is 6.96. The molecule has 1 atom stereocenters. The van der Waals surface area contributed by atoms with E-state index in [4.69, 9.17) is 0 Å². The first kappa shape index (κ1) is 27.5. The van der Waals surface area contributed by atoms with Gasteiger partial charge in [0.1, 0.15) is 11.9 Å². The molecule has 0 aliphatic rings. The largest absolute Gasteiger partial charge is 0.354 e. The maximum absolute atomic E-state index is 14.1. The van der Waals surface area contributed by atoms with Crippen molar-refractivity contribution in [2.45, 2.75) is 45.5 Å². The van der Waals surface area contributed by atoms with Crippen LogP contribution in [0.3, 0.4) is 0 Å². The molecule has 0 aliphatic carbocycles. The van der Waals surface area contributed by atoms with E-state index in [1.165, 1.54) is 17.8 Å². The molecule has 2 amide bonds. The quantitative estimate of drug-likeness (QED) is 0.339. The van der Waals surface area contributed by atoms with Crippen LogP contribution in [0, 0.1) is 18.7 Å². The summed E-state index contributed by atoms with van der Waals surface area (Å²) in [6, 6.07) is 23.6. The second-order valence-electron chi connectivity index (χ2n) is 9.38. The van der Waals surface area contributed by atoms with E-state index in [0.717, 1.165) is 16.7 Å². The van der Waals surface area contributed by atoms with Crippen molar-refractivity contribution in [3.8, 4) is 0 Å². The smallest absolute Gasteiger partial charge is 0.243 e. The normalized spacial score (nSPS) is 11.8. The summed E-state index contributed by atoms with van der Waals surface area (Å²) in [5.41, 5.74) is 3.62. The van der Waals surface area contributed by atoms with E-state index < -0.39 is 6.04 Å². The van der Waals surface area contributed by atoms with Gasteiger partial charge in [-0.1, -0.05) is 86.6 Å². The maximum atomic E-state index is 14.1. The van der Waals surface area contributed by atoms with E-state index in [2.05, 4.69) is 5.32 Å². The molecular formula is C30H35FN2O2S. The summed E-state index contributed by atoms with van der Waals surface area (Å²) in [7, 11) is 0. The zero-order valence-corrected chi connectivity index (χ0v) is 22.1. The molecule has 0 unspecified atom stereocenters. The van der Waals surface area contributed by atoms with Crippen molar-refractivity contribution in [2.24, 2.45) is 5.92 Å². The van der Waals surface area contributed by atoms with Crippen LogP contribution in [-0.4, -0.2) is 35.1 Å². The molecule has 0 radical (unpaired) electrons. The summed E-state index contributed by atoms with van der Waals surface area (Å²) in [4.78, 5) is 28.8. The number of benzene rings is 3. The monoisotopic (exact) mass is 506 g/mol. The van der Waals surface area contributed by atoms with Gasteiger partial charge < -0.3 is 10.2 Å². The number of carbonyl (C=O) groups is 2. The first-order chi connectivity index (χ1) is 17.3. The molecule has 0 aromatic heterocycles. The Kier molecular flexibility index (Phi) is 10.6. The van der Waals surface area contributed by atoms with Gasteiger partial charge in [-0.25, -0.2) is 4.39 Å². The summed E-state index contributed by atoms with van der Waals surface area (Å²) in [5.74, 6) is 0.267. The Labute approximate surface area is 218 Å². The number of halogens is 1. The Hall–Kier alpha value is -3.12. The number of thioether (sulfide) groups is 1. The van der Waals surface area contributed by atoms with Crippen molar-refractivity contribution < 1.29 is 14.0 Å². The van der Waals surface area contributed by atoms with Crippen LogP contribution in [0.1, 0.15) is 36.1 Å². The molecule has 0 heterocycles. The molecule has 0 saturated carbocycles. The van der Waals surface area contributed by atoms with Crippen LogP contribution in [0.4, 0.5) is 4.39 Å². The van der Waals surface area contributed by atoms with Crippen LogP contribution in [0.2, 0.25) is 0 Å². The summed E-state index contributed by atoms with van der Waals surface area (Å²) < 4.78 is 14.1. The topological polar surface area (TPSA) is 49.4 Å². The summed E-state index contributed by atoms with van der Waals surface area (Å²) in [5, 5.41) is 3.04. The van der Waals surface area contributed by atoms with E-state index in [0.29, 0.717) is 36.7 Å². The molecular weight excluding hydrogens is 471 g/mol. The van der Waals surface area contributed by atoms with E-state index in [1.807, 2.05) is 75.4 Å². The minimum Gasteiger partial charge on any atom is -0.354 e. The lowest BCUT2D eigenvalue weighted by atomic mass is 10.0. The maximum Gasteiger partial charge on any atom is 0.243 e. The molecule has 0 bridgehead atoms. The number of amides is 2. The van der Waals surface area contributed by atoms with Crippen molar-refractivity contribution in [1.82, 2.24) is 10.2 Å². The number of carbonyl (C=O) groups excluding carboxylic acids is 2. The van der Waals surface area contributed by atoms with Gasteiger partial charge in [-0.2, -0.15) is 0 Å². The lowest BCUT2D eigenvalue weighted by Crippen LogP contribution is -2.51. The van der Waals surface area contributed by atoms with Gasteiger partial charge in [0.25, 0.3) is 0 Å². The van der Waals surface area contributed by atoms with Gasteiger partial charge in [0, 0.05) is 25.3 Å². The molecule has 1 N–H and O–H groups in total. The molecule has 0 saturated heterocycles. The highest BCUT2D eigenvalue weighted by Crippen LogP contribution is 2.20. The molecule has 0 aliphatic heterocycles. The van der Waals surface area contributed by atoms with E-state index in [-0.39, 0.29) is 23.4 Å². The minimum atomic E-state index is -0.660. The van der Waals surface area contributed by atoms with Gasteiger partial charge in [-0.05, 0) is 41.2 Å². The number of nitrogens with zero attached hydrogens (tertiary/aromatic N) is 1. The molecule has 0 spiro atoms. The Bertz CT molecular complexity index is 1140. The standard InChI is InChI=1S/C30H35FN2O2S/c1-22(2)18-32-30(35)28(17-24-12-5-4-6-13-24)33(19-25-14-8-7-11-23(25)3)29(34)21-36-20-26-15-9-10-16-27(26)31/h4-16,22,28H,17-21H2,1-3H3,(H,32,35)/t28-/m1/s1. The number of nitrogens with one attached hydrogen (secondary N) is 1. The van der Waals surface area contributed by atoms with Crippen molar-refractivity contribution in [3.05, 3.63) is 107 Å². The van der Waals surface area contributed by atoms with Gasteiger partial charge in [0.2, 0.25) is 11.8 Å². The fourth-order valence-corrected chi connectivity index (χ4v) is 4.79. The van der Waals surface area contributed by atoms with Crippen molar-refractivity contribution >= 4 is 23.6 Å². The zero-order chi connectivity index (χ0) is 25.9. The predicted molar refractivity (Wildman–Crippen MR) is 146 cm³/mol. The van der Waals surface area contributed by atoms with E-state index >= 15 is 0 Å². The molecule has 3 rings (SSSR count). The first-order valence-corrected chi connectivity index (χ1v) is 13.5. The Morgan fingerprint density at radius 3 is 2.22 bits per heavy atom. The average molecular weight is 507 g/mol. The first-order valence-electron chi connectivity index (χ1n) is 12.3. The van der Waals surface area contributed by atoms with Crippen LogP contribution in [0.15, 0.2) is 78.9 Å². The Morgan fingerprint density at radius 1 is 0.917 bits per heavy atom. The molecule has 0 fully saturated rings. The number of hydrogen-bond donors (Lipinski definition) is 1. The SMILES string of the molecule is Cc1ccccc1CN(C(=O)CSCc1ccccc1F)[C@H](Cc1ccccc1)C(=O)NCC(C)C. The van der Waals surface area contributed by atoms with Gasteiger partial charge in [-0.3, -0.25) is 9.59 Å². The van der Waals surface area contributed by atoms with Gasteiger partial charge in [0.15, 0.2) is 0 Å². The highest BCUT2D eigenvalue weighted by Gasteiger charge is 2.30. The van der Waals surface area contributed by atoms with Crippen LogP contribution in [0.25, 0.3) is 0 Å². The number of aryl methyl sites for hydroxylation is 1. The lowest BCUT2D eigenvalue weighted by molar-refractivity contribution is -0.139. The minimum absolute atomic E-state index is 0.139. The van der Waals surface area contributed by atoms with Crippen LogP contribution < -0.4 is 5.32 Å². The van der Waals surface area contributed by atoms with Gasteiger partial charge in [0.05, 0.1) is 5.75 Å².